The van der Waals surface area contributed by atoms with Crippen molar-refractivity contribution in [3.63, 3.8) is 0 Å². The highest BCUT2D eigenvalue weighted by Crippen LogP contribution is 2.41. The SMILES string of the molecule is CCOC(=O)[C@@]1(F)CCCC(O[Si](C)(C)C(C)(C)C)C1. The van der Waals surface area contributed by atoms with E-state index in [-0.39, 0.29) is 30.6 Å². The van der Waals surface area contributed by atoms with Crippen LogP contribution in [0, 0.1) is 0 Å². The molecule has 0 N–H and O–H groups in total. The third-order valence-corrected chi connectivity index (χ3v) is 9.09. The summed E-state index contributed by atoms with van der Waals surface area (Å²) in [5.41, 5.74) is -1.86. The maximum Gasteiger partial charge on any atom is 0.343 e. The smallest absolute Gasteiger partial charge is 0.343 e. The van der Waals surface area contributed by atoms with E-state index >= 15 is 0 Å². The van der Waals surface area contributed by atoms with E-state index in [4.69, 9.17) is 9.16 Å². The molecule has 0 amide bonds. The van der Waals surface area contributed by atoms with Crippen LogP contribution in [-0.4, -0.2) is 32.7 Å². The van der Waals surface area contributed by atoms with E-state index in [9.17, 15) is 9.18 Å². The van der Waals surface area contributed by atoms with Gasteiger partial charge in [0.05, 0.1) is 6.61 Å². The molecule has 0 saturated heterocycles. The Morgan fingerprint density at radius 2 is 2.00 bits per heavy atom. The molecular formula is C15H29FO3Si. The van der Waals surface area contributed by atoms with Crippen molar-refractivity contribution in [2.75, 3.05) is 6.61 Å². The molecule has 20 heavy (non-hydrogen) atoms. The van der Waals surface area contributed by atoms with Crippen molar-refractivity contribution in [2.45, 2.75) is 83.3 Å². The van der Waals surface area contributed by atoms with Gasteiger partial charge in [-0.15, -0.1) is 0 Å². The largest absolute Gasteiger partial charge is 0.464 e. The first-order chi connectivity index (χ1) is 9.02. The number of hydrogen-bond donors (Lipinski definition) is 0. The van der Waals surface area contributed by atoms with E-state index in [1.807, 2.05) is 0 Å². The highest BCUT2D eigenvalue weighted by Gasteiger charge is 2.47. The summed E-state index contributed by atoms with van der Waals surface area (Å²) in [5, 5.41) is 0.0906. The van der Waals surface area contributed by atoms with Crippen LogP contribution < -0.4 is 0 Å². The van der Waals surface area contributed by atoms with Crippen LogP contribution in [0.5, 0.6) is 0 Å². The van der Waals surface area contributed by atoms with E-state index in [0.717, 1.165) is 6.42 Å². The summed E-state index contributed by atoms with van der Waals surface area (Å²) in [6.45, 7) is 12.7. The zero-order valence-corrected chi connectivity index (χ0v) is 14.7. The molecule has 1 fully saturated rings. The lowest BCUT2D eigenvalue weighted by Crippen LogP contribution is -2.49. The fourth-order valence-corrected chi connectivity index (χ4v) is 3.70. The minimum absolute atomic E-state index is 0.0906. The molecule has 0 aromatic rings. The quantitative estimate of drug-likeness (QED) is 0.576. The van der Waals surface area contributed by atoms with E-state index in [0.29, 0.717) is 6.42 Å². The standard InChI is InChI=1S/C15H29FO3Si/c1-7-18-13(17)15(16)10-8-9-12(11-15)19-20(5,6)14(2,3)4/h12H,7-11H2,1-6H3/t12?,15-/m1/s1. The highest BCUT2D eigenvalue weighted by molar-refractivity contribution is 6.74. The molecule has 1 unspecified atom stereocenters. The molecule has 1 rings (SSSR count). The minimum Gasteiger partial charge on any atom is -0.464 e. The number of carbonyl (C=O) groups excluding carboxylic acids is 1. The van der Waals surface area contributed by atoms with Crippen LogP contribution >= 0.6 is 0 Å². The van der Waals surface area contributed by atoms with Crippen LogP contribution in [0.3, 0.4) is 0 Å². The molecule has 0 bridgehead atoms. The third kappa shape index (κ3) is 4.04. The van der Waals surface area contributed by atoms with Crippen LogP contribution in [-0.2, 0) is 14.0 Å². The molecule has 1 saturated carbocycles. The summed E-state index contributed by atoms with van der Waals surface area (Å²) >= 11 is 0. The topological polar surface area (TPSA) is 35.5 Å². The predicted molar refractivity (Wildman–Crippen MR) is 81.0 cm³/mol. The average molecular weight is 304 g/mol. The molecule has 0 heterocycles. The lowest BCUT2D eigenvalue weighted by molar-refractivity contribution is -0.162. The Labute approximate surface area is 123 Å². The Hall–Kier alpha value is -0.423. The monoisotopic (exact) mass is 304 g/mol. The van der Waals surface area contributed by atoms with Gasteiger partial charge in [-0.2, -0.15) is 0 Å². The highest BCUT2D eigenvalue weighted by atomic mass is 28.4. The van der Waals surface area contributed by atoms with Crippen molar-refractivity contribution in [3.05, 3.63) is 0 Å². The van der Waals surface area contributed by atoms with Crippen LogP contribution in [0.15, 0.2) is 0 Å². The Morgan fingerprint density at radius 3 is 2.50 bits per heavy atom. The van der Waals surface area contributed by atoms with Gasteiger partial charge in [0.1, 0.15) is 0 Å². The second kappa shape index (κ2) is 6.14. The number of esters is 1. The molecule has 0 spiro atoms. The van der Waals surface area contributed by atoms with E-state index in [2.05, 4.69) is 33.9 Å². The van der Waals surface area contributed by atoms with Gasteiger partial charge in [-0.05, 0) is 44.3 Å². The van der Waals surface area contributed by atoms with E-state index < -0.39 is 20.0 Å². The lowest BCUT2D eigenvalue weighted by Gasteiger charge is -2.42. The van der Waals surface area contributed by atoms with Gasteiger partial charge in [0.15, 0.2) is 8.32 Å². The van der Waals surface area contributed by atoms with Gasteiger partial charge in [-0.3, -0.25) is 0 Å². The number of alkyl halides is 1. The lowest BCUT2D eigenvalue weighted by atomic mass is 9.84. The van der Waals surface area contributed by atoms with Gasteiger partial charge in [0, 0.05) is 12.5 Å². The summed E-state index contributed by atoms with van der Waals surface area (Å²) in [4.78, 5) is 11.8. The summed E-state index contributed by atoms with van der Waals surface area (Å²) in [5.74, 6) is -0.719. The predicted octanol–water partition coefficient (Wildman–Crippen LogP) is 4.22. The molecule has 2 atom stereocenters. The van der Waals surface area contributed by atoms with Crippen LogP contribution in [0.1, 0.15) is 53.4 Å². The van der Waals surface area contributed by atoms with Gasteiger partial charge < -0.3 is 9.16 Å². The fraction of sp³-hybridized carbons (Fsp3) is 0.933. The summed E-state index contributed by atoms with van der Waals surface area (Å²) < 4.78 is 25.9. The second-order valence-corrected chi connectivity index (χ2v) is 12.0. The maximum absolute atomic E-state index is 14.7. The van der Waals surface area contributed by atoms with Gasteiger partial charge in [0.2, 0.25) is 5.67 Å². The summed E-state index contributed by atoms with van der Waals surface area (Å²) in [7, 11) is -1.93. The molecule has 0 aromatic carbocycles. The number of hydrogen-bond acceptors (Lipinski definition) is 3. The number of ether oxygens (including phenoxy) is 1. The van der Waals surface area contributed by atoms with Crippen molar-refractivity contribution in [1.82, 2.24) is 0 Å². The van der Waals surface area contributed by atoms with Gasteiger partial charge in [-0.25, -0.2) is 9.18 Å². The zero-order valence-electron chi connectivity index (χ0n) is 13.7. The third-order valence-electron chi connectivity index (χ3n) is 4.56. The van der Waals surface area contributed by atoms with Crippen molar-refractivity contribution >= 4 is 14.3 Å². The molecule has 1 aliphatic carbocycles. The van der Waals surface area contributed by atoms with Gasteiger partial charge >= 0.3 is 5.97 Å². The molecule has 1 aliphatic rings. The normalized spacial score (nSPS) is 28.2. The van der Waals surface area contributed by atoms with Crippen molar-refractivity contribution < 1.29 is 18.3 Å². The van der Waals surface area contributed by atoms with Gasteiger partial charge in [0.25, 0.3) is 0 Å². The first-order valence-electron chi connectivity index (χ1n) is 7.56. The summed E-state index contributed by atoms with van der Waals surface area (Å²) in [6, 6.07) is 0. The number of carbonyl (C=O) groups is 1. The molecule has 0 aromatic heterocycles. The second-order valence-electron chi connectivity index (χ2n) is 7.28. The zero-order chi connectivity index (χ0) is 15.6. The van der Waals surface area contributed by atoms with Crippen LogP contribution in [0.2, 0.25) is 18.1 Å². The first-order valence-corrected chi connectivity index (χ1v) is 10.5. The Bertz CT molecular complexity index is 352. The number of halogens is 1. The summed E-state index contributed by atoms with van der Waals surface area (Å²) in [6.07, 6.45) is 1.73. The van der Waals surface area contributed by atoms with Crippen molar-refractivity contribution in [2.24, 2.45) is 0 Å². The Morgan fingerprint density at radius 1 is 1.40 bits per heavy atom. The fourth-order valence-electron chi connectivity index (χ4n) is 2.31. The van der Waals surface area contributed by atoms with Crippen LogP contribution in [0.4, 0.5) is 4.39 Å². The first kappa shape index (κ1) is 17.6. The molecule has 118 valence electrons. The van der Waals surface area contributed by atoms with E-state index in [1.54, 1.807) is 6.92 Å². The maximum atomic E-state index is 14.7. The van der Waals surface area contributed by atoms with Crippen LogP contribution in [0.25, 0.3) is 0 Å². The van der Waals surface area contributed by atoms with Crippen molar-refractivity contribution in [3.8, 4) is 0 Å². The molecule has 0 radical (unpaired) electrons. The van der Waals surface area contributed by atoms with Gasteiger partial charge in [-0.1, -0.05) is 20.8 Å². The van der Waals surface area contributed by atoms with Crippen molar-refractivity contribution in [1.29, 1.82) is 0 Å². The minimum atomic E-state index is -1.93. The molecular weight excluding hydrogens is 275 g/mol. The number of rotatable bonds is 4. The average Bonchev–Trinajstić information content (AvgIpc) is 2.27. The van der Waals surface area contributed by atoms with E-state index in [1.165, 1.54) is 0 Å². The molecule has 5 heteroatoms. The molecule has 3 nitrogen and oxygen atoms in total. The Balaban J connectivity index is 2.73. The Kier molecular flexibility index (Phi) is 5.41. The molecule has 0 aliphatic heterocycles.